The van der Waals surface area contributed by atoms with Gasteiger partial charge in [-0.05, 0) is 73.9 Å². The van der Waals surface area contributed by atoms with E-state index < -0.39 is 5.82 Å². The van der Waals surface area contributed by atoms with Crippen LogP contribution in [-0.2, 0) is 6.42 Å². The van der Waals surface area contributed by atoms with E-state index in [0.29, 0.717) is 58.0 Å². The van der Waals surface area contributed by atoms with Crippen LogP contribution in [0.3, 0.4) is 0 Å². The topological polar surface area (TPSA) is 55.2 Å². The summed E-state index contributed by atoms with van der Waals surface area (Å²) in [5, 5.41) is 0.989. The van der Waals surface area contributed by atoms with Gasteiger partial charge in [0.05, 0.1) is 22.3 Å². The fraction of sp³-hybridized carbons (Fsp3) is 0.160. The third-order valence-electron chi connectivity index (χ3n) is 5.82. The predicted molar refractivity (Wildman–Crippen MR) is 123 cm³/mol. The molecule has 1 aliphatic heterocycles. The summed E-state index contributed by atoms with van der Waals surface area (Å²) in [5.41, 5.74) is 2.39. The molecule has 3 aromatic carbocycles. The van der Waals surface area contributed by atoms with E-state index in [1.54, 1.807) is 49.4 Å². The first-order valence-electron chi connectivity index (χ1n) is 10.3. The SMILES string of the molecule is Cc1nc2ccccc2c(=O)n1-c1ccc(C(=O)N2CCCc3c(Cl)ccc(F)c32)cc1. The summed E-state index contributed by atoms with van der Waals surface area (Å²) in [5.74, 6) is -0.215. The lowest BCUT2D eigenvalue weighted by atomic mass is 10.00. The maximum Gasteiger partial charge on any atom is 0.265 e. The van der Waals surface area contributed by atoms with Crippen LogP contribution in [0.2, 0.25) is 5.02 Å². The van der Waals surface area contributed by atoms with Crippen molar-refractivity contribution in [2.75, 3.05) is 11.4 Å². The Morgan fingerprint density at radius 2 is 1.81 bits per heavy atom. The molecule has 0 bridgehead atoms. The first-order valence-corrected chi connectivity index (χ1v) is 10.7. The first kappa shape index (κ1) is 20.4. The second kappa shape index (κ2) is 7.88. The molecular weight excluding hydrogens is 429 g/mol. The average Bonchev–Trinajstić information content (AvgIpc) is 2.81. The summed E-state index contributed by atoms with van der Waals surface area (Å²) in [6.45, 7) is 2.18. The lowest BCUT2D eigenvalue weighted by Crippen LogP contribution is -2.36. The molecule has 4 aromatic rings. The van der Waals surface area contributed by atoms with E-state index in [-0.39, 0.29) is 17.2 Å². The summed E-state index contributed by atoms with van der Waals surface area (Å²) in [4.78, 5) is 32.2. The van der Waals surface area contributed by atoms with Crippen molar-refractivity contribution in [2.45, 2.75) is 19.8 Å². The third-order valence-corrected chi connectivity index (χ3v) is 6.17. The number of halogens is 2. The molecule has 2 heterocycles. The van der Waals surface area contributed by atoms with Gasteiger partial charge in [-0.1, -0.05) is 23.7 Å². The number of anilines is 1. The van der Waals surface area contributed by atoms with E-state index >= 15 is 0 Å². The number of aromatic nitrogens is 2. The minimum absolute atomic E-state index is 0.172. The van der Waals surface area contributed by atoms with Crippen LogP contribution in [0.4, 0.5) is 10.1 Å². The molecule has 0 saturated heterocycles. The Morgan fingerprint density at radius 3 is 2.59 bits per heavy atom. The molecule has 0 saturated carbocycles. The van der Waals surface area contributed by atoms with Crippen molar-refractivity contribution in [1.82, 2.24) is 9.55 Å². The molecule has 5 rings (SSSR count). The number of benzene rings is 3. The highest BCUT2D eigenvalue weighted by Gasteiger charge is 2.28. The Labute approximate surface area is 188 Å². The molecule has 160 valence electrons. The van der Waals surface area contributed by atoms with Gasteiger partial charge in [0, 0.05) is 17.1 Å². The molecule has 1 aliphatic rings. The maximum atomic E-state index is 14.6. The summed E-state index contributed by atoms with van der Waals surface area (Å²) < 4.78 is 16.1. The zero-order valence-corrected chi connectivity index (χ0v) is 18.1. The number of carbonyl (C=O) groups is 1. The van der Waals surface area contributed by atoms with Gasteiger partial charge in [0.25, 0.3) is 11.5 Å². The Balaban J connectivity index is 1.52. The van der Waals surface area contributed by atoms with Gasteiger partial charge >= 0.3 is 0 Å². The number of carbonyl (C=O) groups excluding carboxylic acids is 1. The summed E-state index contributed by atoms with van der Waals surface area (Å²) in [7, 11) is 0. The van der Waals surface area contributed by atoms with Crippen molar-refractivity contribution in [3.05, 3.63) is 98.8 Å². The number of aryl methyl sites for hydroxylation is 1. The second-order valence-corrected chi connectivity index (χ2v) is 8.19. The van der Waals surface area contributed by atoms with Gasteiger partial charge in [0.15, 0.2) is 0 Å². The normalized spacial score (nSPS) is 13.3. The lowest BCUT2D eigenvalue weighted by Gasteiger charge is -2.30. The number of amides is 1. The Hall–Kier alpha value is -3.51. The molecule has 0 unspecified atom stereocenters. The highest BCUT2D eigenvalue weighted by molar-refractivity contribution is 6.32. The van der Waals surface area contributed by atoms with Crippen LogP contribution in [0.25, 0.3) is 16.6 Å². The van der Waals surface area contributed by atoms with Gasteiger partial charge in [0.2, 0.25) is 0 Å². The fourth-order valence-corrected chi connectivity index (χ4v) is 4.55. The van der Waals surface area contributed by atoms with Crippen molar-refractivity contribution in [1.29, 1.82) is 0 Å². The largest absolute Gasteiger partial charge is 0.305 e. The molecule has 7 heteroatoms. The molecule has 5 nitrogen and oxygen atoms in total. The number of hydrogen-bond acceptors (Lipinski definition) is 3. The average molecular weight is 448 g/mol. The molecular formula is C25H19ClFN3O2. The van der Waals surface area contributed by atoms with Gasteiger partial charge in [-0.3, -0.25) is 14.2 Å². The summed E-state index contributed by atoms with van der Waals surface area (Å²) >= 11 is 6.25. The predicted octanol–water partition coefficient (Wildman–Crippen LogP) is 5.08. The highest BCUT2D eigenvalue weighted by Crippen LogP contribution is 2.35. The van der Waals surface area contributed by atoms with Crippen molar-refractivity contribution >= 4 is 34.1 Å². The molecule has 1 aromatic heterocycles. The number of para-hydroxylation sites is 1. The van der Waals surface area contributed by atoms with Crippen LogP contribution >= 0.6 is 11.6 Å². The van der Waals surface area contributed by atoms with E-state index in [2.05, 4.69) is 4.98 Å². The fourth-order valence-electron chi connectivity index (χ4n) is 4.30. The number of nitrogens with zero attached hydrogens (tertiary/aromatic N) is 3. The highest BCUT2D eigenvalue weighted by atomic mass is 35.5. The Kier molecular flexibility index (Phi) is 5.02. The first-order chi connectivity index (χ1) is 15.5. The number of fused-ring (bicyclic) bond motifs is 2. The molecule has 0 radical (unpaired) electrons. The van der Waals surface area contributed by atoms with E-state index in [9.17, 15) is 14.0 Å². The van der Waals surface area contributed by atoms with Crippen LogP contribution in [0.1, 0.15) is 28.2 Å². The number of rotatable bonds is 2. The molecule has 0 atom stereocenters. The van der Waals surface area contributed by atoms with Crippen molar-refractivity contribution in [2.24, 2.45) is 0 Å². The standard InChI is InChI=1S/C25H19ClFN3O2/c1-15-28-22-7-3-2-5-19(22)25(32)30(15)17-10-8-16(9-11-17)24(31)29-14-4-6-18-20(26)12-13-21(27)23(18)29/h2-3,5,7-13H,4,6,14H2,1H3. The van der Waals surface area contributed by atoms with Gasteiger partial charge in [-0.2, -0.15) is 0 Å². The minimum atomic E-state index is -0.460. The molecule has 1 amide bonds. The Morgan fingerprint density at radius 1 is 1.06 bits per heavy atom. The van der Waals surface area contributed by atoms with Crippen molar-refractivity contribution in [3.8, 4) is 5.69 Å². The van der Waals surface area contributed by atoms with Crippen molar-refractivity contribution in [3.63, 3.8) is 0 Å². The lowest BCUT2D eigenvalue weighted by molar-refractivity contribution is 0.0984. The summed E-state index contributed by atoms with van der Waals surface area (Å²) in [6, 6.07) is 16.7. The zero-order valence-electron chi connectivity index (χ0n) is 17.3. The Bertz CT molecular complexity index is 1430. The maximum absolute atomic E-state index is 14.6. The zero-order chi connectivity index (χ0) is 22.4. The molecule has 0 N–H and O–H groups in total. The molecule has 32 heavy (non-hydrogen) atoms. The monoisotopic (exact) mass is 447 g/mol. The van der Waals surface area contributed by atoms with Crippen LogP contribution < -0.4 is 10.5 Å². The third kappa shape index (κ3) is 3.28. The van der Waals surface area contributed by atoms with Gasteiger partial charge in [-0.15, -0.1) is 0 Å². The molecule has 0 fully saturated rings. The van der Waals surface area contributed by atoms with Gasteiger partial charge < -0.3 is 4.90 Å². The summed E-state index contributed by atoms with van der Waals surface area (Å²) in [6.07, 6.45) is 1.34. The smallest absolute Gasteiger partial charge is 0.265 e. The van der Waals surface area contributed by atoms with E-state index in [4.69, 9.17) is 11.6 Å². The van der Waals surface area contributed by atoms with E-state index in [0.717, 1.165) is 0 Å². The van der Waals surface area contributed by atoms with E-state index in [1.165, 1.54) is 21.6 Å². The van der Waals surface area contributed by atoms with Gasteiger partial charge in [-0.25, -0.2) is 9.37 Å². The van der Waals surface area contributed by atoms with Crippen LogP contribution in [-0.4, -0.2) is 22.0 Å². The molecule has 0 spiro atoms. The van der Waals surface area contributed by atoms with Crippen LogP contribution in [0.5, 0.6) is 0 Å². The van der Waals surface area contributed by atoms with Crippen molar-refractivity contribution < 1.29 is 9.18 Å². The van der Waals surface area contributed by atoms with Crippen LogP contribution in [0, 0.1) is 12.7 Å². The second-order valence-electron chi connectivity index (χ2n) is 7.78. The minimum Gasteiger partial charge on any atom is -0.305 e. The number of hydrogen-bond donors (Lipinski definition) is 0. The van der Waals surface area contributed by atoms with E-state index in [1.807, 2.05) is 6.07 Å². The van der Waals surface area contributed by atoms with Gasteiger partial charge in [0.1, 0.15) is 11.6 Å². The molecule has 0 aliphatic carbocycles. The quantitative estimate of drug-likeness (QED) is 0.430. The van der Waals surface area contributed by atoms with Crippen LogP contribution in [0.15, 0.2) is 65.5 Å².